The van der Waals surface area contributed by atoms with Crippen LogP contribution in [0.2, 0.25) is 0 Å². The summed E-state index contributed by atoms with van der Waals surface area (Å²) in [6, 6.07) is 8.01. The quantitative estimate of drug-likeness (QED) is 0.0497. The van der Waals surface area contributed by atoms with E-state index in [2.05, 4.69) is 52.5 Å². The van der Waals surface area contributed by atoms with Crippen LogP contribution >= 0.6 is 15.9 Å². The highest BCUT2D eigenvalue weighted by molar-refractivity contribution is 9.10. The number of nitrogens with zero attached hydrogens (tertiary/aromatic N) is 4. The number of primary amides is 1. The topological polar surface area (TPSA) is 275 Å². The molecular weight excluding hydrogens is 976 g/mol. The van der Waals surface area contributed by atoms with Gasteiger partial charge >= 0.3 is 0 Å². The molecule has 7 rings (SSSR count). The number of anilines is 4. The SMILES string of the molecule is NC(=O)c1c(F)cccc1Nc1nc(NC2CCN(S(=O)CCNC(=O)CCOCCOCCOCCOCCNc3cccc4c3C(=O)N(C3CCC(=O)NC3=O)C4=O)CC23CC3)ncc1Br. The zero-order valence-corrected chi connectivity index (χ0v) is 39.6. The van der Waals surface area contributed by atoms with Crippen LogP contribution < -0.4 is 32.3 Å². The van der Waals surface area contributed by atoms with E-state index >= 15 is 0 Å². The molecule has 1 aliphatic carbocycles. The van der Waals surface area contributed by atoms with Gasteiger partial charge in [-0.15, -0.1) is 0 Å². The summed E-state index contributed by atoms with van der Waals surface area (Å²) in [5.41, 5.74) is 6.05. The molecule has 1 aromatic heterocycles. The van der Waals surface area contributed by atoms with Gasteiger partial charge in [-0.3, -0.25) is 39.0 Å². The normalized spacial score (nSPS) is 19.1. The van der Waals surface area contributed by atoms with Crippen LogP contribution in [0.3, 0.4) is 0 Å². The molecule has 0 bridgehead atoms. The van der Waals surface area contributed by atoms with E-state index in [1.54, 1.807) is 18.3 Å². The van der Waals surface area contributed by atoms with Gasteiger partial charge in [0.05, 0.1) is 96.4 Å². The molecular formula is C44H54BrFN10O11S. The summed E-state index contributed by atoms with van der Waals surface area (Å²) in [6.07, 6.45) is 4.45. The summed E-state index contributed by atoms with van der Waals surface area (Å²) in [5.74, 6) is -3.13. The van der Waals surface area contributed by atoms with E-state index in [1.165, 1.54) is 18.2 Å². The van der Waals surface area contributed by atoms with Crippen molar-refractivity contribution >= 4 is 85.5 Å². The van der Waals surface area contributed by atoms with Crippen molar-refractivity contribution in [3.63, 3.8) is 0 Å². The predicted octanol–water partition coefficient (Wildman–Crippen LogP) is 2.24. The molecule has 0 radical (unpaired) electrons. The number of piperidine rings is 2. The Labute approximate surface area is 402 Å². The maximum atomic E-state index is 14.3. The van der Waals surface area contributed by atoms with E-state index in [9.17, 15) is 37.4 Å². The maximum absolute atomic E-state index is 14.3. The van der Waals surface area contributed by atoms with Crippen molar-refractivity contribution in [3.8, 4) is 0 Å². The molecule has 1 spiro atoms. The minimum absolute atomic E-state index is 0.0343. The van der Waals surface area contributed by atoms with Crippen LogP contribution in [-0.2, 0) is 44.3 Å². The van der Waals surface area contributed by atoms with Gasteiger partial charge in [-0.1, -0.05) is 12.1 Å². The van der Waals surface area contributed by atoms with Crippen LogP contribution in [0, 0.1) is 11.2 Å². The number of rotatable bonds is 26. The van der Waals surface area contributed by atoms with Gasteiger partial charge in [-0.25, -0.2) is 17.9 Å². The van der Waals surface area contributed by atoms with Crippen LogP contribution in [0.25, 0.3) is 0 Å². The number of fused-ring (bicyclic) bond motifs is 1. The second-order valence-corrected chi connectivity index (χ2v) is 18.9. The van der Waals surface area contributed by atoms with Gasteiger partial charge < -0.3 is 45.9 Å². The Bertz CT molecular complexity index is 2400. The van der Waals surface area contributed by atoms with Gasteiger partial charge in [0.15, 0.2) is 0 Å². The van der Waals surface area contributed by atoms with Crippen LogP contribution in [0.5, 0.6) is 0 Å². The lowest BCUT2D eigenvalue weighted by molar-refractivity contribution is -0.136. The summed E-state index contributed by atoms with van der Waals surface area (Å²) in [7, 11) is -1.28. The number of aromatic nitrogens is 2. The molecule has 366 valence electrons. The standard InChI is InChI=1S/C44H54BrFN10O11S/c45-28-25-50-43(54-39(28)51-31-6-2-4-29(46)37(31)38(47)59)52-33-9-15-55(26-44(33)11-12-44)68(63)24-14-49-34(57)10-16-64-18-20-66-22-23-67-21-19-65-17-13-48-30-5-1-3-27-36(30)42(62)56(41(27)61)32-7-8-35(58)53-40(32)60/h1-6,25,32-33,48H,7-24,26H2,(H2,47,59)(H,49,57)(H,53,58,60)(H2,50,51,52,54). The number of hydrogen-bond donors (Lipinski definition) is 6. The molecule has 3 aliphatic heterocycles. The minimum Gasteiger partial charge on any atom is -0.382 e. The fourth-order valence-corrected chi connectivity index (χ4v) is 9.75. The highest BCUT2D eigenvalue weighted by atomic mass is 79.9. The van der Waals surface area contributed by atoms with Gasteiger partial charge in [0.2, 0.25) is 23.7 Å². The Morgan fingerprint density at radius 3 is 2.31 bits per heavy atom. The monoisotopic (exact) mass is 1030 g/mol. The fraction of sp³-hybridized carbons (Fsp3) is 0.500. The maximum Gasteiger partial charge on any atom is 0.264 e. The molecule has 3 aromatic rings. The van der Waals surface area contributed by atoms with Gasteiger partial charge in [0.25, 0.3) is 17.7 Å². The van der Waals surface area contributed by atoms with Crippen molar-refractivity contribution < 1.29 is 56.3 Å². The molecule has 2 aromatic carbocycles. The zero-order valence-electron chi connectivity index (χ0n) is 37.2. The molecule has 4 aliphatic rings. The van der Waals surface area contributed by atoms with E-state index < -0.39 is 52.4 Å². The molecule has 3 atom stereocenters. The molecule has 3 fully saturated rings. The molecule has 7 N–H and O–H groups in total. The third-order valence-corrected chi connectivity index (χ3v) is 13.9. The lowest BCUT2D eigenvalue weighted by Gasteiger charge is -2.38. The van der Waals surface area contributed by atoms with E-state index in [4.69, 9.17) is 24.7 Å². The van der Waals surface area contributed by atoms with Gasteiger partial charge in [0, 0.05) is 62.4 Å². The summed E-state index contributed by atoms with van der Waals surface area (Å²) in [5, 5.41) is 14.5. The Kier molecular flexibility index (Phi) is 17.5. The minimum atomic E-state index is -1.28. The number of nitrogens with two attached hydrogens (primary N) is 1. The van der Waals surface area contributed by atoms with E-state index in [1.807, 2.05) is 4.31 Å². The molecule has 2 saturated heterocycles. The number of imide groups is 2. The van der Waals surface area contributed by atoms with Crippen molar-refractivity contribution in [2.75, 3.05) is 101 Å². The smallest absolute Gasteiger partial charge is 0.264 e. The molecule has 3 unspecified atom stereocenters. The fourth-order valence-electron chi connectivity index (χ4n) is 8.21. The largest absolute Gasteiger partial charge is 0.382 e. The number of halogens is 2. The van der Waals surface area contributed by atoms with E-state index in [-0.39, 0.29) is 77.9 Å². The van der Waals surface area contributed by atoms with Crippen molar-refractivity contribution in [2.45, 2.75) is 50.6 Å². The van der Waals surface area contributed by atoms with Crippen LogP contribution in [0.1, 0.15) is 69.6 Å². The molecule has 1 saturated carbocycles. The average Bonchev–Trinajstić information content (AvgIpc) is 4.03. The first-order valence-corrected chi connectivity index (χ1v) is 24.4. The number of ether oxygens (including phenoxy) is 4. The van der Waals surface area contributed by atoms with Crippen LogP contribution in [0.4, 0.5) is 27.5 Å². The number of hydrogen-bond acceptors (Lipinski definition) is 16. The molecule has 21 nitrogen and oxygen atoms in total. The molecule has 6 amide bonds. The van der Waals surface area contributed by atoms with Gasteiger partial charge in [0.1, 0.15) is 17.7 Å². The van der Waals surface area contributed by atoms with Gasteiger partial charge in [-0.2, -0.15) is 4.98 Å². The summed E-state index contributed by atoms with van der Waals surface area (Å²) < 4.78 is 52.2. The zero-order chi connectivity index (χ0) is 48.2. The first-order chi connectivity index (χ1) is 32.8. The van der Waals surface area contributed by atoms with E-state index in [0.717, 1.165) is 23.8 Å². The highest BCUT2D eigenvalue weighted by Gasteiger charge is 2.53. The Morgan fingerprint density at radius 1 is 0.912 bits per heavy atom. The first-order valence-electron chi connectivity index (χ1n) is 22.3. The second kappa shape index (κ2) is 23.7. The second-order valence-electron chi connectivity index (χ2n) is 16.4. The molecule has 24 heteroatoms. The highest BCUT2D eigenvalue weighted by Crippen LogP contribution is 2.53. The number of nitrogens with one attached hydrogen (secondary N) is 5. The number of carbonyl (C=O) groups excluding carboxylic acids is 6. The Morgan fingerprint density at radius 2 is 1.60 bits per heavy atom. The summed E-state index contributed by atoms with van der Waals surface area (Å²) >= 11 is 3.41. The van der Waals surface area contributed by atoms with Crippen LogP contribution in [-0.4, -0.2) is 156 Å². The Hall–Kier alpha value is -5.50. The Balaban J connectivity index is 0.683. The van der Waals surface area contributed by atoms with Crippen molar-refractivity contribution in [3.05, 3.63) is 69.6 Å². The molecule has 68 heavy (non-hydrogen) atoms. The van der Waals surface area contributed by atoms with Crippen molar-refractivity contribution in [2.24, 2.45) is 11.1 Å². The average molecular weight is 1030 g/mol. The van der Waals surface area contributed by atoms with Crippen molar-refractivity contribution in [1.29, 1.82) is 0 Å². The van der Waals surface area contributed by atoms with Crippen molar-refractivity contribution in [1.82, 2.24) is 29.8 Å². The number of benzene rings is 2. The lowest BCUT2D eigenvalue weighted by Crippen LogP contribution is -2.54. The summed E-state index contributed by atoms with van der Waals surface area (Å²) in [6.45, 7) is 4.32. The summed E-state index contributed by atoms with van der Waals surface area (Å²) in [4.78, 5) is 84.3. The third-order valence-electron chi connectivity index (χ3n) is 11.9. The van der Waals surface area contributed by atoms with E-state index in [0.29, 0.717) is 94.2 Å². The first kappa shape index (κ1) is 50.4. The molecule has 4 heterocycles. The number of amides is 6. The third kappa shape index (κ3) is 12.8. The van der Waals surface area contributed by atoms with Gasteiger partial charge in [-0.05, 0) is 65.9 Å². The lowest BCUT2D eigenvalue weighted by atomic mass is 9.90. The predicted molar refractivity (Wildman–Crippen MR) is 249 cm³/mol. The van der Waals surface area contributed by atoms with Crippen LogP contribution in [0.15, 0.2) is 47.1 Å². The number of carbonyl (C=O) groups is 6.